The van der Waals surface area contributed by atoms with Crippen molar-refractivity contribution in [1.82, 2.24) is 9.21 Å². The molecule has 1 saturated heterocycles. The van der Waals surface area contributed by atoms with Crippen molar-refractivity contribution in [2.24, 2.45) is 0 Å². The second kappa shape index (κ2) is 11.0. The highest BCUT2D eigenvalue weighted by molar-refractivity contribution is 7.89. The highest BCUT2D eigenvalue weighted by Crippen LogP contribution is 2.20. The van der Waals surface area contributed by atoms with Crippen LogP contribution in [0, 0.1) is 12.7 Å². The molecule has 184 valence electrons. The fourth-order valence-corrected chi connectivity index (χ4v) is 5.55. The molecule has 0 unspecified atom stereocenters. The summed E-state index contributed by atoms with van der Waals surface area (Å²) in [5.41, 5.74) is 2.89. The van der Waals surface area contributed by atoms with E-state index in [0.717, 1.165) is 16.8 Å². The second-order valence-corrected chi connectivity index (χ2v) is 10.7. The zero-order valence-corrected chi connectivity index (χ0v) is 20.6. The molecule has 0 aliphatic carbocycles. The molecule has 3 aromatic carbocycles. The summed E-state index contributed by atoms with van der Waals surface area (Å²) in [6.07, 6.45) is 0.511. The summed E-state index contributed by atoms with van der Waals surface area (Å²) in [5, 5.41) is 0. The van der Waals surface area contributed by atoms with Gasteiger partial charge in [0.05, 0.1) is 11.4 Å². The molecule has 0 radical (unpaired) electrons. The summed E-state index contributed by atoms with van der Waals surface area (Å²) >= 11 is 0. The van der Waals surface area contributed by atoms with Gasteiger partial charge in [0.2, 0.25) is 15.9 Å². The Morgan fingerprint density at radius 1 is 0.886 bits per heavy atom. The van der Waals surface area contributed by atoms with Crippen LogP contribution in [0.2, 0.25) is 0 Å². The topological polar surface area (TPSA) is 60.9 Å². The Bertz CT molecular complexity index is 1220. The first-order chi connectivity index (χ1) is 16.8. The molecule has 3 aromatic rings. The van der Waals surface area contributed by atoms with Crippen LogP contribution in [0.25, 0.3) is 0 Å². The fourth-order valence-electron chi connectivity index (χ4n) is 4.16. The number of nitrogens with zero attached hydrogens (tertiary/aromatic N) is 3. The number of piperazine rings is 1. The Hall–Kier alpha value is -3.23. The number of sulfonamides is 1. The fraction of sp³-hybridized carbons (Fsp3) is 0.296. The van der Waals surface area contributed by atoms with Gasteiger partial charge in [0.1, 0.15) is 5.82 Å². The normalized spacial score (nSPS) is 14.4. The zero-order valence-electron chi connectivity index (χ0n) is 19.8. The number of carbonyl (C=O) groups is 1. The van der Waals surface area contributed by atoms with E-state index >= 15 is 0 Å². The van der Waals surface area contributed by atoms with E-state index in [0.29, 0.717) is 32.6 Å². The number of rotatable bonds is 8. The lowest BCUT2D eigenvalue weighted by molar-refractivity contribution is -0.131. The predicted molar refractivity (Wildman–Crippen MR) is 135 cm³/mol. The molecule has 1 heterocycles. The number of amides is 1. The van der Waals surface area contributed by atoms with E-state index < -0.39 is 10.0 Å². The lowest BCUT2D eigenvalue weighted by Gasteiger charge is -2.37. The molecular formula is C27H30FN3O3S. The van der Waals surface area contributed by atoms with E-state index in [-0.39, 0.29) is 29.7 Å². The van der Waals surface area contributed by atoms with Crippen LogP contribution in [-0.4, -0.2) is 62.8 Å². The molecule has 1 aliphatic heterocycles. The molecule has 0 aromatic heterocycles. The summed E-state index contributed by atoms with van der Waals surface area (Å²) in [6, 6.07) is 22.7. The van der Waals surface area contributed by atoms with Gasteiger partial charge in [-0.05, 0) is 55.3 Å². The van der Waals surface area contributed by atoms with Gasteiger partial charge in [-0.3, -0.25) is 4.79 Å². The number of carbonyl (C=O) groups excluding carboxylic acids is 1. The van der Waals surface area contributed by atoms with Crippen molar-refractivity contribution in [2.75, 3.05) is 44.2 Å². The maximum absolute atomic E-state index is 13.5. The lowest BCUT2D eigenvalue weighted by Crippen LogP contribution is -2.52. The standard InChI is InChI=1S/C27H30FN3O3S/c1-22-7-13-26(14-8-22)35(33,34)31(16-15-23-5-3-2-4-6-23)21-27(32)30-19-17-29(18-20-30)25-11-9-24(28)10-12-25/h2-14H,15-21H2,1H3. The van der Waals surface area contributed by atoms with Crippen LogP contribution >= 0.6 is 0 Å². The summed E-state index contributed by atoms with van der Waals surface area (Å²) in [4.78, 5) is 17.2. The quantitative estimate of drug-likeness (QED) is 0.478. The Morgan fingerprint density at radius 2 is 1.51 bits per heavy atom. The minimum absolute atomic E-state index is 0.185. The Kier molecular flexibility index (Phi) is 7.83. The van der Waals surface area contributed by atoms with Crippen LogP contribution in [0.4, 0.5) is 10.1 Å². The summed E-state index contributed by atoms with van der Waals surface area (Å²) in [5.74, 6) is -0.500. The average Bonchev–Trinajstić information content (AvgIpc) is 2.88. The van der Waals surface area contributed by atoms with Crippen molar-refractivity contribution in [1.29, 1.82) is 0 Å². The maximum Gasteiger partial charge on any atom is 0.243 e. The Labute approximate surface area is 206 Å². The van der Waals surface area contributed by atoms with Gasteiger partial charge in [0.15, 0.2) is 0 Å². The van der Waals surface area contributed by atoms with E-state index in [1.807, 2.05) is 37.3 Å². The molecule has 0 atom stereocenters. The molecule has 8 heteroatoms. The Balaban J connectivity index is 1.45. The van der Waals surface area contributed by atoms with E-state index in [1.165, 1.54) is 16.4 Å². The van der Waals surface area contributed by atoms with Gasteiger partial charge >= 0.3 is 0 Å². The van der Waals surface area contributed by atoms with Crippen molar-refractivity contribution in [3.05, 3.63) is 95.8 Å². The lowest BCUT2D eigenvalue weighted by atomic mass is 10.1. The molecule has 6 nitrogen and oxygen atoms in total. The molecule has 1 aliphatic rings. The third-order valence-electron chi connectivity index (χ3n) is 6.29. The molecule has 1 fully saturated rings. The predicted octanol–water partition coefficient (Wildman–Crippen LogP) is 3.72. The number of halogens is 1. The molecule has 0 spiro atoms. The number of aryl methyl sites for hydroxylation is 1. The molecular weight excluding hydrogens is 465 g/mol. The minimum Gasteiger partial charge on any atom is -0.368 e. The van der Waals surface area contributed by atoms with Gasteiger partial charge in [0.25, 0.3) is 0 Å². The third-order valence-corrected chi connectivity index (χ3v) is 8.15. The van der Waals surface area contributed by atoms with Crippen molar-refractivity contribution < 1.29 is 17.6 Å². The first kappa shape index (κ1) is 24.9. The van der Waals surface area contributed by atoms with Crippen LogP contribution < -0.4 is 4.90 Å². The van der Waals surface area contributed by atoms with Crippen molar-refractivity contribution >= 4 is 21.6 Å². The first-order valence-corrected chi connectivity index (χ1v) is 13.2. The smallest absolute Gasteiger partial charge is 0.243 e. The van der Waals surface area contributed by atoms with Gasteiger partial charge in [-0.1, -0.05) is 48.0 Å². The van der Waals surface area contributed by atoms with Gasteiger partial charge in [0, 0.05) is 38.4 Å². The molecule has 0 saturated carbocycles. The summed E-state index contributed by atoms with van der Waals surface area (Å²) in [7, 11) is -3.84. The highest BCUT2D eigenvalue weighted by Gasteiger charge is 2.29. The molecule has 35 heavy (non-hydrogen) atoms. The Morgan fingerprint density at radius 3 is 2.14 bits per heavy atom. The van der Waals surface area contributed by atoms with Gasteiger partial charge in [-0.15, -0.1) is 0 Å². The molecule has 0 bridgehead atoms. The largest absolute Gasteiger partial charge is 0.368 e. The van der Waals surface area contributed by atoms with Gasteiger partial charge in [-0.25, -0.2) is 12.8 Å². The maximum atomic E-state index is 13.5. The van der Waals surface area contributed by atoms with Crippen LogP contribution in [0.3, 0.4) is 0 Å². The zero-order chi connectivity index (χ0) is 24.8. The van der Waals surface area contributed by atoms with E-state index in [1.54, 1.807) is 41.3 Å². The van der Waals surface area contributed by atoms with Crippen molar-refractivity contribution in [3.63, 3.8) is 0 Å². The molecule has 1 amide bonds. The number of benzene rings is 3. The van der Waals surface area contributed by atoms with Crippen LogP contribution in [0.1, 0.15) is 11.1 Å². The second-order valence-electron chi connectivity index (χ2n) is 8.73. The minimum atomic E-state index is -3.84. The molecule has 0 N–H and O–H groups in total. The van der Waals surface area contributed by atoms with Crippen LogP contribution in [-0.2, 0) is 21.2 Å². The van der Waals surface area contributed by atoms with E-state index in [4.69, 9.17) is 0 Å². The van der Waals surface area contributed by atoms with Crippen molar-refractivity contribution in [2.45, 2.75) is 18.2 Å². The van der Waals surface area contributed by atoms with Crippen LogP contribution in [0.5, 0.6) is 0 Å². The summed E-state index contributed by atoms with van der Waals surface area (Å²) in [6.45, 7) is 4.07. The van der Waals surface area contributed by atoms with Gasteiger partial charge in [-0.2, -0.15) is 4.31 Å². The van der Waals surface area contributed by atoms with E-state index in [2.05, 4.69) is 4.90 Å². The summed E-state index contributed by atoms with van der Waals surface area (Å²) < 4.78 is 41.4. The van der Waals surface area contributed by atoms with E-state index in [9.17, 15) is 17.6 Å². The SMILES string of the molecule is Cc1ccc(S(=O)(=O)N(CCc2ccccc2)CC(=O)N2CCN(c3ccc(F)cc3)CC2)cc1. The first-order valence-electron chi connectivity index (χ1n) is 11.7. The average molecular weight is 496 g/mol. The number of anilines is 1. The molecule has 4 rings (SSSR count). The number of hydrogen-bond donors (Lipinski definition) is 0. The third kappa shape index (κ3) is 6.26. The number of hydrogen-bond acceptors (Lipinski definition) is 4. The monoisotopic (exact) mass is 495 g/mol. The van der Waals surface area contributed by atoms with Crippen LogP contribution in [0.15, 0.2) is 83.8 Å². The highest BCUT2D eigenvalue weighted by atomic mass is 32.2. The van der Waals surface area contributed by atoms with Crippen molar-refractivity contribution in [3.8, 4) is 0 Å². The van der Waals surface area contributed by atoms with Gasteiger partial charge < -0.3 is 9.80 Å².